The number of hydrogen-bond acceptors (Lipinski definition) is 4. The van der Waals surface area contributed by atoms with Crippen LogP contribution in [0, 0.1) is 5.92 Å². The van der Waals surface area contributed by atoms with Crippen molar-refractivity contribution in [2.45, 2.75) is 32.1 Å². The van der Waals surface area contributed by atoms with Crippen molar-refractivity contribution in [2.75, 3.05) is 14.2 Å². The van der Waals surface area contributed by atoms with Crippen LogP contribution in [-0.4, -0.2) is 26.2 Å². The van der Waals surface area contributed by atoms with Crippen LogP contribution in [0.25, 0.3) is 0 Å². The molecular formula is C13H18O4. The summed E-state index contributed by atoms with van der Waals surface area (Å²) in [5, 5.41) is 0. The molecule has 0 bridgehead atoms. The number of allylic oxidation sites excluding steroid dienone is 1. The molecule has 0 amide bonds. The number of methoxy groups -OCH3 is 2. The van der Waals surface area contributed by atoms with E-state index in [0.29, 0.717) is 25.2 Å². The Balaban J connectivity index is 2.21. The quantitative estimate of drug-likeness (QED) is 0.524. The number of esters is 2. The van der Waals surface area contributed by atoms with Crippen LogP contribution in [-0.2, 0) is 19.1 Å². The van der Waals surface area contributed by atoms with Crippen LogP contribution in [0.2, 0.25) is 0 Å². The topological polar surface area (TPSA) is 52.6 Å². The molecule has 0 aromatic carbocycles. The summed E-state index contributed by atoms with van der Waals surface area (Å²) < 4.78 is 9.17. The molecule has 1 aliphatic rings. The van der Waals surface area contributed by atoms with Gasteiger partial charge in [-0.3, -0.25) is 9.59 Å². The van der Waals surface area contributed by atoms with E-state index in [2.05, 4.69) is 15.2 Å². The first-order valence-corrected chi connectivity index (χ1v) is 5.74. The maximum absolute atomic E-state index is 11.0. The van der Waals surface area contributed by atoms with Gasteiger partial charge in [-0.05, 0) is 36.8 Å². The van der Waals surface area contributed by atoms with Crippen molar-refractivity contribution in [3.63, 3.8) is 0 Å². The smallest absolute Gasteiger partial charge is 0.305 e. The van der Waals surface area contributed by atoms with Crippen molar-refractivity contribution < 1.29 is 19.1 Å². The van der Waals surface area contributed by atoms with E-state index in [-0.39, 0.29) is 11.9 Å². The molecule has 0 N–H and O–H groups in total. The minimum atomic E-state index is -0.197. The van der Waals surface area contributed by atoms with Gasteiger partial charge in [0.1, 0.15) is 0 Å². The zero-order valence-electron chi connectivity index (χ0n) is 10.3. The van der Waals surface area contributed by atoms with Crippen LogP contribution in [0.4, 0.5) is 0 Å². The fraction of sp³-hybridized carbons (Fsp3) is 0.615. The van der Waals surface area contributed by atoms with Crippen LogP contribution in [0.15, 0.2) is 17.4 Å². The summed E-state index contributed by atoms with van der Waals surface area (Å²) in [6, 6.07) is 0. The van der Waals surface area contributed by atoms with Gasteiger partial charge in [0.15, 0.2) is 0 Å². The van der Waals surface area contributed by atoms with Gasteiger partial charge in [0.05, 0.1) is 14.2 Å². The van der Waals surface area contributed by atoms with Gasteiger partial charge in [-0.1, -0.05) is 0 Å². The monoisotopic (exact) mass is 238 g/mol. The molecule has 0 aromatic heterocycles. The molecule has 4 heteroatoms. The molecule has 17 heavy (non-hydrogen) atoms. The first-order valence-electron chi connectivity index (χ1n) is 5.74. The molecule has 0 aromatic rings. The summed E-state index contributed by atoms with van der Waals surface area (Å²) >= 11 is 0. The third-order valence-electron chi connectivity index (χ3n) is 2.84. The Morgan fingerprint density at radius 1 is 1.29 bits per heavy atom. The molecule has 0 fully saturated rings. The summed E-state index contributed by atoms with van der Waals surface area (Å²) in [6.45, 7) is 0. The Kier molecular flexibility index (Phi) is 5.50. The summed E-state index contributed by atoms with van der Waals surface area (Å²) in [5.74, 6) is -0.0273. The first kappa shape index (κ1) is 13.5. The highest BCUT2D eigenvalue weighted by molar-refractivity contribution is 5.69. The van der Waals surface area contributed by atoms with Crippen molar-refractivity contribution in [1.82, 2.24) is 0 Å². The Morgan fingerprint density at radius 2 is 1.94 bits per heavy atom. The number of ether oxygens (including phenoxy) is 2. The van der Waals surface area contributed by atoms with E-state index in [4.69, 9.17) is 0 Å². The van der Waals surface area contributed by atoms with Gasteiger partial charge in [-0.15, -0.1) is 5.73 Å². The Hall–Kier alpha value is -1.54. The fourth-order valence-corrected chi connectivity index (χ4v) is 1.79. The minimum absolute atomic E-state index is 0.179. The van der Waals surface area contributed by atoms with Crippen molar-refractivity contribution in [2.24, 2.45) is 5.92 Å². The second kappa shape index (κ2) is 6.92. The van der Waals surface area contributed by atoms with Gasteiger partial charge in [0.2, 0.25) is 0 Å². The van der Waals surface area contributed by atoms with Crippen LogP contribution < -0.4 is 0 Å². The molecule has 1 atom stereocenters. The van der Waals surface area contributed by atoms with Gasteiger partial charge >= 0.3 is 11.9 Å². The molecule has 1 aliphatic carbocycles. The normalized spacial score (nSPS) is 17.8. The number of carbonyl (C=O) groups excluding carboxylic acids is 2. The number of rotatable bonds is 6. The Labute approximate surface area is 101 Å². The zero-order chi connectivity index (χ0) is 12.7. The summed E-state index contributed by atoms with van der Waals surface area (Å²) in [6.07, 6.45) is 5.17. The summed E-state index contributed by atoms with van der Waals surface area (Å²) in [5.41, 5.74) is 4.29. The average Bonchev–Trinajstić information content (AvgIpc) is 2.80. The molecule has 0 spiro atoms. The molecule has 0 saturated heterocycles. The molecule has 0 aliphatic heterocycles. The second-order valence-electron chi connectivity index (χ2n) is 4.07. The molecule has 4 nitrogen and oxygen atoms in total. The van der Waals surface area contributed by atoms with Crippen LogP contribution >= 0.6 is 0 Å². The van der Waals surface area contributed by atoms with E-state index < -0.39 is 0 Å². The molecular weight excluding hydrogens is 220 g/mol. The molecule has 1 unspecified atom stereocenters. The van der Waals surface area contributed by atoms with Gasteiger partial charge in [0, 0.05) is 12.8 Å². The van der Waals surface area contributed by atoms with Crippen molar-refractivity contribution in [3.8, 4) is 0 Å². The van der Waals surface area contributed by atoms with E-state index in [1.165, 1.54) is 14.2 Å². The highest BCUT2D eigenvalue weighted by Gasteiger charge is 2.15. The van der Waals surface area contributed by atoms with Gasteiger partial charge < -0.3 is 9.47 Å². The largest absolute Gasteiger partial charge is 0.469 e. The standard InChI is InChI=1S/C13H18O4/c1-16-12(14)7-5-10-3-4-11(9-10)6-8-13(15)17-2/h3,10H,5-9H2,1-2H3. The van der Waals surface area contributed by atoms with Gasteiger partial charge in [0.25, 0.3) is 0 Å². The van der Waals surface area contributed by atoms with Crippen molar-refractivity contribution >= 4 is 11.9 Å². The lowest BCUT2D eigenvalue weighted by molar-refractivity contribution is -0.141. The average molecular weight is 238 g/mol. The number of hydrogen-bond donors (Lipinski definition) is 0. The third-order valence-corrected chi connectivity index (χ3v) is 2.84. The lowest BCUT2D eigenvalue weighted by Crippen LogP contribution is -2.04. The third kappa shape index (κ3) is 4.87. The maximum atomic E-state index is 11.0. The van der Waals surface area contributed by atoms with Crippen molar-refractivity contribution in [3.05, 3.63) is 17.4 Å². The van der Waals surface area contributed by atoms with E-state index in [1.807, 2.05) is 6.08 Å². The van der Waals surface area contributed by atoms with Gasteiger partial charge in [-0.2, -0.15) is 0 Å². The van der Waals surface area contributed by atoms with Crippen LogP contribution in [0.1, 0.15) is 32.1 Å². The molecule has 0 heterocycles. The molecule has 0 radical (unpaired) electrons. The Morgan fingerprint density at radius 3 is 2.59 bits per heavy atom. The van der Waals surface area contributed by atoms with Crippen molar-refractivity contribution in [1.29, 1.82) is 0 Å². The maximum Gasteiger partial charge on any atom is 0.305 e. The van der Waals surface area contributed by atoms with E-state index in [9.17, 15) is 9.59 Å². The first-order chi connectivity index (χ1) is 8.15. The molecule has 94 valence electrons. The van der Waals surface area contributed by atoms with Crippen LogP contribution in [0.3, 0.4) is 0 Å². The lowest BCUT2D eigenvalue weighted by Gasteiger charge is -2.07. The second-order valence-corrected chi connectivity index (χ2v) is 4.07. The predicted octanol–water partition coefficient (Wildman–Crippen LogP) is 1.99. The minimum Gasteiger partial charge on any atom is -0.469 e. The lowest BCUT2D eigenvalue weighted by atomic mass is 9.98. The molecule has 0 saturated carbocycles. The highest BCUT2D eigenvalue weighted by Crippen LogP contribution is 2.26. The SMILES string of the molecule is COC(=O)CCC1=C=CC(CCC(=O)OC)C1. The predicted molar refractivity (Wildman–Crippen MR) is 62.2 cm³/mol. The summed E-state index contributed by atoms with van der Waals surface area (Å²) in [7, 11) is 2.78. The highest BCUT2D eigenvalue weighted by atomic mass is 16.5. The van der Waals surface area contributed by atoms with E-state index >= 15 is 0 Å². The summed E-state index contributed by atoms with van der Waals surface area (Å²) in [4.78, 5) is 21.9. The molecule has 1 rings (SSSR count). The zero-order valence-corrected chi connectivity index (χ0v) is 10.3. The van der Waals surface area contributed by atoms with E-state index in [1.54, 1.807) is 0 Å². The van der Waals surface area contributed by atoms with Crippen LogP contribution in [0.5, 0.6) is 0 Å². The Bertz CT molecular complexity index is 350. The fourth-order valence-electron chi connectivity index (χ4n) is 1.79. The number of carbonyl (C=O) groups is 2. The van der Waals surface area contributed by atoms with Gasteiger partial charge in [-0.25, -0.2) is 0 Å². The van der Waals surface area contributed by atoms with E-state index in [0.717, 1.165) is 18.4 Å².